The van der Waals surface area contributed by atoms with Crippen molar-refractivity contribution >= 4 is 22.9 Å². The number of amides is 1. The third-order valence-corrected chi connectivity index (χ3v) is 6.27. The first kappa shape index (κ1) is 19.1. The van der Waals surface area contributed by atoms with Gasteiger partial charge in [0.1, 0.15) is 17.4 Å². The normalized spacial score (nSPS) is 19.5. The van der Waals surface area contributed by atoms with Crippen molar-refractivity contribution in [1.82, 2.24) is 30.0 Å². The molecule has 1 saturated heterocycles. The first-order valence-electron chi connectivity index (χ1n) is 10.8. The molecule has 0 spiro atoms. The lowest BCUT2D eigenvalue weighted by molar-refractivity contribution is 0.0632. The highest BCUT2D eigenvalue weighted by atomic mass is 16.4. The first-order chi connectivity index (χ1) is 15.7. The summed E-state index contributed by atoms with van der Waals surface area (Å²) in [5.41, 5.74) is 2.55. The monoisotopic (exact) mass is 433 g/mol. The number of fused-ring (bicyclic) bond motifs is 2. The fraction of sp³-hybridized carbons (Fsp3) is 0.364. The lowest BCUT2D eigenvalue weighted by Gasteiger charge is -2.32. The molecule has 1 aromatic carbocycles. The van der Waals surface area contributed by atoms with Gasteiger partial charge in [-0.2, -0.15) is 0 Å². The van der Waals surface area contributed by atoms with Gasteiger partial charge in [0, 0.05) is 50.2 Å². The van der Waals surface area contributed by atoms with Crippen molar-refractivity contribution in [2.75, 3.05) is 44.7 Å². The van der Waals surface area contributed by atoms with Crippen molar-refractivity contribution in [2.45, 2.75) is 12.5 Å². The van der Waals surface area contributed by atoms with Gasteiger partial charge < -0.3 is 28.5 Å². The number of rotatable bonds is 3. The van der Waals surface area contributed by atoms with Crippen LogP contribution in [0.25, 0.3) is 11.0 Å². The molecule has 0 radical (unpaired) electrons. The van der Waals surface area contributed by atoms with Crippen LogP contribution in [0.2, 0.25) is 0 Å². The van der Waals surface area contributed by atoms with Gasteiger partial charge >= 0.3 is 17.8 Å². The molecule has 6 rings (SSSR count). The number of aromatic nitrogens is 4. The number of piperazine rings is 1. The molecule has 0 saturated carbocycles. The number of H-pyrrole nitrogens is 1. The van der Waals surface area contributed by atoms with Crippen LogP contribution in [0.1, 0.15) is 33.9 Å². The maximum atomic E-state index is 13.5. The van der Waals surface area contributed by atoms with Crippen molar-refractivity contribution in [3.63, 3.8) is 0 Å². The number of benzene rings is 1. The van der Waals surface area contributed by atoms with E-state index in [2.05, 4.69) is 32.1 Å². The first-order valence-corrected chi connectivity index (χ1v) is 10.8. The predicted molar refractivity (Wildman–Crippen MR) is 115 cm³/mol. The second-order valence-corrected chi connectivity index (χ2v) is 8.28. The summed E-state index contributed by atoms with van der Waals surface area (Å²) in [6.45, 7) is 3.88. The number of imidazole rings is 1. The van der Waals surface area contributed by atoms with Gasteiger partial charge in [-0.1, -0.05) is 23.3 Å². The largest absolute Gasteiger partial charge is 0.458 e. The summed E-state index contributed by atoms with van der Waals surface area (Å²) in [5, 5.41) is 9.20. The van der Waals surface area contributed by atoms with Crippen molar-refractivity contribution in [3.8, 4) is 0 Å². The Bertz CT molecular complexity index is 1230. The number of nitrogens with one attached hydrogen (secondary N) is 1. The zero-order chi connectivity index (χ0) is 21.7. The quantitative estimate of drug-likeness (QED) is 0.523. The average Bonchev–Trinajstić information content (AvgIpc) is 3.57. The molecule has 32 heavy (non-hydrogen) atoms. The molecule has 5 heterocycles. The SMILES string of the molecule is CN1CCN(c2nnc(C(=O)N3CCc4[nH]cnc4[C@H]3c3cc4ccccc4o3)o2)CC1. The number of aromatic amines is 1. The Hall–Kier alpha value is -3.66. The Morgan fingerprint density at radius 1 is 1.09 bits per heavy atom. The number of hydrogen-bond acceptors (Lipinski definition) is 8. The molecule has 2 aliphatic heterocycles. The van der Waals surface area contributed by atoms with E-state index < -0.39 is 6.04 Å². The summed E-state index contributed by atoms with van der Waals surface area (Å²) in [4.78, 5) is 27.2. The molecule has 164 valence electrons. The number of hydrogen-bond donors (Lipinski definition) is 1. The van der Waals surface area contributed by atoms with E-state index in [4.69, 9.17) is 8.83 Å². The molecule has 1 amide bonds. The van der Waals surface area contributed by atoms with Gasteiger partial charge in [-0.15, -0.1) is 5.10 Å². The number of nitrogens with zero attached hydrogens (tertiary/aromatic N) is 6. The Kier molecular flexibility index (Phi) is 4.46. The molecule has 10 heteroatoms. The van der Waals surface area contributed by atoms with E-state index in [1.165, 1.54) is 0 Å². The van der Waals surface area contributed by atoms with Crippen LogP contribution >= 0.6 is 0 Å². The number of anilines is 1. The second kappa shape index (κ2) is 7.49. The molecule has 0 bridgehead atoms. The highest BCUT2D eigenvalue weighted by molar-refractivity contribution is 5.90. The summed E-state index contributed by atoms with van der Waals surface area (Å²) < 4.78 is 12.0. The van der Waals surface area contributed by atoms with Crippen LogP contribution in [0, 0.1) is 0 Å². The Morgan fingerprint density at radius 3 is 2.78 bits per heavy atom. The van der Waals surface area contributed by atoms with Gasteiger partial charge in [0.15, 0.2) is 0 Å². The van der Waals surface area contributed by atoms with Crippen LogP contribution < -0.4 is 4.90 Å². The molecule has 1 fully saturated rings. The number of para-hydroxylation sites is 1. The minimum Gasteiger partial charge on any atom is -0.458 e. The summed E-state index contributed by atoms with van der Waals surface area (Å²) in [5.74, 6) is 0.322. The Morgan fingerprint density at radius 2 is 1.94 bits per heavy atom. The van der Waals surface area contributed by atoms with Gasteiger partial charge in [0.05, 0.1) is 12.0 Å². The summed E-state index contributed by atoms with van der Waals surface area (Å²) in [6, 6.07) is 9.68. The van der Waals surface area contributed by atoms with Gasteiger partial charge in [-0.05, 0) is 19.2 Å². The smallest absolute Gasteiger partial charge is 0.318 e. The van der Waals surface area contributed by atoms with Crippen LogP contribution in [-0.2, 0) is 6.42 Å². The maximum Gasteiger partial charge on any atom is 0.318 e. The van der Waals surface area contributed by atoms with E-state index in [1.54, 1.807) is 11.2 Å². The highest BCUT2D eigenvalue weighted by Gasteiger charge is 2.38. The highest BCUT2D eigenvalue weighted by Crippen LogP contribution is 2.37. The van der Waals surface area contributed by atoms with E-state index in [0.29, 0.717) is 24.7 Å². The standard InChI is InChI=1S/C22H23N7O3/c1-27-8-10-28(11-9-27)22-26-25-20(32-22)21(30)29-7-6-15-18(24-13-23-15)19(29)17-12-14-4-2-3-5-16(14)31-17/h2-5,12-13,19H,6-11H2,1H3,(H,23,24)/t19-/m1/s1. The van der Waals surface area contributed by atoms with E-state index in [-0.39, 0.29) is 11.8 Å². The van der Waals surface area contributed by atoms with Crippen molar-refractivity contribution in [3.05, 3.63) is 59.7 Å². The van der Waals surface area contributed by atoms with Gasteiger partial charge in [0.25, 0.3) is 0 Å². The minimum atomic E-state index is -0.469. The molecule has 0 aliphatic carbocycles. The molecule has 2 aliphatic rings. The Balaban J connectivity index is 1.33. The molecular formula is C22H23N7O3. The van der Waals surface area contributed by atoms with Gasteiger partial charge in [-0.25, -0.2) is 4.98 Å². The van der Waals surface area contributed by atoms with Crippen LogP contribution in [0.5, 0.6) is 0 Å². The third kappa shape index (κ3) is 3.14. The van der Waals surface area contributed by atoms with Crippen molar-refractivity contribution < 1.29 is 13.6 Å². The lowest BCUT2D eigenvalue weighted by Crippen LogP contribution is -2.44. The number of carbonyl (C=O) groups excluding carboxylic acids is 1. The number of carbonyl (C=O) groups is 1. The fourth-order valence-corrected chi connectivity index (χ4v) is 4.47. The fourth-order valence-electron chi connectivity index (χ4n) is 4.47. The van der Waals surface area contributed by atoms with E-state index >= 15 is 0 Å². The molecule has 3 aromatic heterocycles. The lowest BCUT2D eigenvalue weighted by atomic mass is 10.00. The summed E-state index contributed by atoms with van der Waals surface area (Å²) >= 11 is 0. The molecule has 1 N–H and O–H groups in total. The minimum absolute atomic E-state index is 0.0148. The van der Waals surface area contributed by atoms with E-state index in [0.717, 1.165) is 48.5 Å². The summed E-state index contributed by atoms with van der Waals surface area (Å²) in [6.07, 6.45) is 2.32. The zero-order valence-corrected chi connectivity index (χ0v) is 17.7. The van der Waals surface area contributed by atoms with Gasteiger partial charge in [0.2, 0.25) is 0 Å². The van der Waals surface area contributed by atoms with Crippen LogP contribution in [0.4, 0.5) is 6.01 Å². The topological polar surface area (TPSA) is 108 Å². The maximum absolute atomic E-state index is 13.5. The number of likely N-dealkylation sites (N-methyl/N-ethyl adjacent to an activating group) is 1. The summed E-state index contributed by atoms with van der Waals surface area (Å²) in [7, 11) is 2.08. The average molecular weight is 433 g/mol. The predicted octanol–water partition coefficient (Wildman–Crippen LogP) is 2.08. The molecule has 1 atom stereocenters. The van der Waals surface area contributed by atoms with E-state index in [9.17, 15) is 4.79 Å². The molecule has 10 nitrogen and oxygen atoms in total. The third-order valence-electron chi connectivity index (χ3n) is 6.27. The van der Waals surface area contributed by atoms with Gasteiger partial charge in [-0.3, -0.25) is 4.79 Å². The second-order valence-electron chi connectivity index (χ2n) is 8.28. The van der Waals surface area contributed by atoms with Crippen LogP contribution in [0.3, 0.4) is 0 Å². The van der Waals surface area contributed by atoms with Crippen molar-refractivity contribution in [1.29, 1.82) is 0 Å². The van der Waals surface area contributed by atoms with Crippen LogP contribution in [-0.4, -0.2) is 75.6 Å². The zero-order valence-electron chi connectivity index (χ0n) is 17.7. The van der Waals surface area contributed by atoms with Crippen LogP contribution in [0.15, 0.2) is 45.5 Å². The molecule has 0 unspecified atom stereocenters. The van der Waals surface area contributed by atoms with Crippen molar-refractivity contribution in [2.24, 2.45) is 0 Å². The molecular weight excluding hydrogens is 410 g/mol. The molecule has 4 aromatic rings. The number of furan rings is 1. The Labute approximate surface area is 183 Å². The van der Waals surface area contributed by atoms with E-state index in [1.807, 2.05) is 35.2 Å².